The summed E-state index contributed by atoms with van der Waals surface area (Å²) in [6, 6.07) is 11.2. The Hall–Kier alpha value is -2.58. The normalized spacial score (nSPS) is 10.5. The van der Waals surface area contributed by atoms with Crippen LogP contribution in [0.15, 0.2) is 42.5 Å². The van der Waals surface area contributed by atoms with Crippen LogP contribution in [-0.4, -0.2) is 22.6 Å². The van der Waals surface area contributed by atoms with E-state index in [9.17, 15) is 9.18 Å². The molecule has 0 saturated heterocycles. The molecular formula is C18H16FN3O2S2. The number of nitrogens with one attached hydrogen (secondary N) is 2. The van der Waals surface area contributed by atoms with Gasteiger partial charge in [-0.1, -0.05) is 24.3 Å². The van der Waals surface area contributed by atoms with Crippen molar-refractivity contribution in [2.75, 3.05) is 11.9 Å². The standard InChI is InChI=1S/C18H16FN3O2S2/c1-2-8-24-13-5-3-4-11(9-13)16(23)21-17(25)22-18-20-14-7-6-12(19)10-15(14)26-18/h3-7,9-10H,2,8H2,1H3,(H2,20,21,22,23,25). The van der Waals surface area contributed by atoms with Gasteiger partial charge in [0.1, 0.15) is 11.6 Å². The Morgan fingerprint density at radius 1 is 1.31 bits per heavy atom. The number of ether oxygens (including phenoxy) is 1. The number of halogens is 1. The zero-order valence-corrected chi connectivity index (χ0v) is 15.5. The molecule has 0 radical (unpaired) electrons. The first-order valence-corrected chi connectivity index (χ1v) is 9.19. The second kappa shape index (κ2) is 8.20. The van der Waals surface area contributed by atoms with E-state index in [1.54, 1.807) is 30.3 Å². The van der Waals surface area contributed by atoms with Crippen LogP contribution in [0.2, 0.25) is 0 Å². The molecule has 26 heavy (non-hydrogen) atoms. The average molecular weight is 389 g/mol. The van der Waals surface area contributed by atoms with Crippen molar-refractivity contribution in [1.29, 1.82) is 0 Å². The number of carbonyl (C=O) groups is 1. The second-order valence-electron chi connectivity index (χ2n) is 5.42. The van der Waals surface area contributed by atoms with Gasteiger partial charge in [-0.15, -0.1) is 0 Å². The summed E-state index contributed by atoms with van der Waals surface area (Å²) in [4.78, 5) is 16.6. The molecule has 5 nitrogen and oxygen atoms in total. The maximum absolute atomic E-state index is 13.2. The number of benzene rings is 2. The van der Waals surface area contributed by atoms with Crippen molar-refractivity contribution in [2.24, 2.45) is 0 Å². The lowest BCUT2D eigenvalue weighted by molar-refractivity contribution is 0.0977. The summed E-state index contributed by atoms with van der Waals surface area (Å²) in [5, 5.41) is 6.06. The minimum absolute atomic E-state index is 0.120. The maximum Gasteiger partial charge on any atom is 0.257 e. The largest absolute Gasteiger partial charge is 0.494 e. The topological polar surface area (TPSA) is 63.2 Å². The van der Waals surface area contributed by atoms with Crippen LogP contribution in [0.4, 0.5) is 9.52 Å². The Labute approximate surface area is 159 Å². The van der Waals surface area contributed by atoms with E-state index in [0.29, 0.717) is 33.3 Å². The number of hydrogen-bond acceptors (Lipinski definition) is 5. The highest BCUT2D eigenvalue weighted by Gasteiger charge is 2.11. The molecule has 1 amide bonds. The van der Waals surface area contributed by atoms with Crippen LogP contribution in [0, 0.1) is 5.82 Å². The molecule has 0 aliphatic rings. The quantitative estimate of drug-likeness (QED) is 0.635. The lowest BCUT2D eigenvalue weighted by Crippen LogP contribution is -2.34. The third-order valence-corrected chi connectivity index (χ3v) is 4.50. The highest BCUT2D eigenvalue weighted by atomic mass is 32.1. The molecule has 0 aliphatic heterocycles. The first kappa shape index (κ1) is 18.2. The van der Waals surface area contributed by atoms with Crippen molar-refractivity contribution in [2.45, 2.75) is 13.3 Å². The molecule has 1 heterocycles. The van der Waals surface area contributed by atoms with Crippen molar-refractivity contribution in [3.8, 4) is 5.75 Å². The van der Waals surface area contributed by atoms with Gasteiger partial charge in [-0.25, -0.2) is 9.37 Å². The molecule has 1 aromatic heterocycles. The number of amides is 1. The van der Waals surface area contributed by atoms with Crippen LogP contribution >= 0.6 is 23.6 Å². The fourth-order valence-electron chi connectivity index (χ4n) is 2.20. The minimum Gasteiger partial charge on any atom is -0.494 e. The zero-order chi connectivity index (χ0) is 18.5. The lowest BCUT2D eigenvalue weighted by atomic mass is 10.2. The SMILES string of the molecule is CCCOc1cccc(C(=O)NC(=S)Nc2nc3ccc(F)cc3s2)c1. The van der Waals surface area contributed by atoms with Gasteiger partial charge in [0.25, 0.3) is 5.91 Å². The second-order valence-corrected chi connectivity index (χ2v) is 6.85. The van der Waals surface area contributed by atoms with Gasteiger partial charge < -0.3 is 10.1 Å². The molecule has 0 aliphatic carbocycles. The van der Waals surface area contributed by atoms with Crippen LogP contribution in [-0.2, 0) is 0 Å². The van der Waals surface area contributed by atoms with E-state index in [-0.39, 0.29) is 16.8 Å². The number of anilines is 1. The van der Waals surface area contributed by atoms with E-state index in [2.05, 4.69) is 15.6 Å². The molecule has 0 fully saturated rings. The smallest absolute Gasteiger partial charge is 0.257 e. The summed E-state index contributed by atoms with van der Waals surface area (Å²) < 4.78 is 19.5. The van der Waals surface area contributed by atoms with Crippen molar-refractivity contribution in [3.63, 3.8) is 0 Å². The molecule has 134 valence electrons. The lowest BCUT2D eigenvalue weighted by Gasteiger charge is -2.09. The van der Waals surface area contributed by atoms with Crippen LogP contribution in [0.3, 0.4) is 0 Å². The fourth-order valence-corrected chi connectivity index (χ4v) is 3.35. The Morgan fingerprint density at radius 3 is 2.96 bits per heavy atom. The molecule has 0 saturated carbocycles. The molecule has 0 spiro atoms. The Balaban J connectivity index is 1.64. The number of hydrogen-bond donors (Lipinski definition) is 2. The van der Waals surface area contributed by atoms with E-state index in [1.807, 2.05) is 6.92 Å². The van der Waals surface area contributed by atoms with Gasteiger partial charge in [0.15, 0.2) is 10.2 Å². The van der Waals surface area contributed by atoms with Gasteiger partial charge in [-0.05, 0) is 55.0 Å². The van der Waals surface area contributed by atoms with E-state index < -0.39 is 0 Å². The molecule has 2 N–H and O–H groups in total. The van der Waals surface area contributed by atoms with Gasteiger partial charge >= 0.3 is 0 Å². The first-order chi connectivity index (χ1) is 12.5. The summed E-state index contributed by atoms with van der Waals surface area (Å²) in [7, 11) is 0. The predicted octanol–water partition coefficient (Wildman–Crippen LogP) is 4.35. The van der Waals surface area contributed by atoms with Crippen molar-refractivity contribution < 1.29 is 13.9 Å². The van der Waals surface area contributed by atoms with E-state index >= 15 is 0 Å². The molecule has 0 bridgehead atoms. The van der Waals surface area contributed by atoms with Crippen molar-refractivity contribution in [1.82, 2.24) is 10.3 Å². The molecule has 3 rings (SSSR count). The highest BCUT2D eigenvalue weighted by molar-refractivity contribution is 7.80. The Kier molecular flexibility index (Phi) is 5.75. The van der Waals surface area contributed by atoms with Crippen molar-refractivity contribution >= 4 is 49.9 Å². The van der Waals surface area contributed by atoms with E-state index in [4.69, 9.17) is 17.0 Å². The number of thiazole rings is 1. The number of carbonyl (C=O) groups excluding carboxylic acids is 1. The molecule has 0 unspecified atom stereocenters. The van der Waals surface area contributed by atoms with E-state index in [0.717, 1.165) is 6.42 Å². The third-order valence-electron chi connectivity index (χ3n) is 3.37. The number of fused-ring (bicyclic) bond motifs is 1. The van der Waals surface area contributed by atoms with Crippen LogP contribution in [0.25, 0.3) is 10.2 Å². The number of nitrogens with zero attached hydrogens (tertiary/aromatic N) is 1. The van der Waals surface area contributed by atoms with Gasteiger partial charge in [0.2, 0.25) is 0 Å². The summed E-state index contributed by atoms with van der Waals surface area (Å²) in [5.74, 6) is -0.0445. The minimum atomic E-state index is -0.350. The predicted molar refractivity (Wildman–Crippen MR) is 105 cm³/mol. The van der Waals surface area contributed by atoms with Gasteiger partial charge in [0, 0.05) is 5.56 Å². The average Bonchev–Trinajstić information content (AvgIpc) is 3.01. The van der Waals surface area contributed by atoms with Crippen molar-refractivity contribution in [3.05, 3.63) is 53.8 Å². The summed E-state index contributed by atoms with van der Waals surface area (Å²) in [5.41, 5.74) is 1.10. The highest BCUT2D eigenvalue weighted by Crippen LogP contribution is 2.26. The molecule has 2 aromatic carbocycles. The fraction of sp³-hybridized carbons (Fsp3) is 0.167. The summed E-state index contributed by atoms with van der Waals surface area (Å²) in [6.45, 7) is 2.60. The number of thiocarbonyl (C=S) groups is 1. The monoisotopic (exact) mass is 389 g/mol. The van der Waals surface area contributed by atoms with E-state index in [1.165, 1.54) is 23.5 Å². The number of rotatable bonds is 5. The maximum atomic E-state index is 13.2. The zero-order valence-electron chi connectivity index (χ0n) is 13.9. The number of aromatic nitrogens is 1. The van der Waals surface area contributed by atoms with Gasteiger partial charge in [-0.2, -0.15) is 0 Å². The van der Waals surface area contributed by atoms with Gasteiger partial charge in [0.05, 0.1) is 16.8 Å². The molecule has 8 heteroatoms. The Morgan fingerprint density at radius 2 is 2.15 bits per heavy atom. The summed E-state index contributed by atoms with van der Waals surface area (Å²) in [6.07, 6.45) is 0.885. The summed E-state index contributed by atoms with van der Waals surface area (Å²) >= 11 is 6.42. The van der Waals surface area contributed by atoms with Crippen LogP contribution < -0.4 is 15.4 Å². The van der Waals surface area contributed by atoms with Crippen LogP contribution in [0.5, 0.6) is 5.75 Å². The third kappa shape index (κ3) is 4.53. The van der Waals surface area contributed by atoms with Crippen LogP contribution in [0.1, 0.15) is 23.7 Å². The Bertz CT molecular complexity index is 959. The first-order valence-electron chi connectivity index (χ1n) is 7.96. The van der Waals surface area contributed by atoms with Gasteiger partial charge in [-0.3, -0.25) is 10.1 Å². The molecule has 0 atom stereocenters. The molecular weight excluding hydrogens is 373 g/mol. The molecule has 3 aromatic rings.